The Kier molecular flexibility index (Phi) is 8.59. The molecule has 1 amide bonds. The zero-order valence-corrected chi connectivity index (χ0v) is 18.2. The zero-order valence-electron chi connectivity index (χ0n) is 17.4. The topological polar surface area (TPSA) is 120 Å². The van der Waals surface area contributed by atoms with Gasteiger partial charge in [-0.2, -0.15) is 0 Å². The Labute approximate surface area is 181 Å². The molecule has 31 heavy (non-hydrogen) atoms. The summed E-state index contributed by atoms with van der Waals surface area (Å²) in [6.07, 6.45) is 1.40. The predicted molar refractivity (Wildman–Crippen MR) is 116 cm³/mol. The summed E-state index contributed by atoms with van der Waals surface area (Å²) >= 11 is 0. The lowest BCUT2D eigenvalue weighted by molar-refractivity contribution is -0.146. The third kappa shape index (κ3) is 8.11. The Bertz CT molecular complexity index is 1050. The number of methoxy groups -OCH3 is 2. The summed E-state index contributed by atoms with van der Waals surface area (Å²) in [6, 6.07) is 12.1. The van der Waals surface area contributed by atoms with Crippen molar-refractivity contribution in [2.75, 3.05) is 32.7 Å². The van der Waals surface area contributed by atoms with Gasteiger partial charge in [0.05, 0.1) is 19.9 Å². The summed E-state index contributed by atoms with van der Waals surface area (Å²) in [7, 11) is -0.931. The minimum Gasteiger partial charge on any atom is -0.497 e. The van der Waals surface area contributed by atoms with Crippen molar-refractivity contribution in [3.05, 3.63) is 59.0 Å². The van der Waals surface area contributed by atoms with Crippen molar-refractivity contribution in [3.63, 3.8) is 0 Å². The van der Waals surface area contributed by atoms with Crippen LogP contribution in [0.4, 0.5) is 5.69 Å². The van der Waals surface area contributed by atoms with Gasteiger partial charge in [0.2, 0.25) is 10.0 Å². The molecular formula is C21H24N2O7S. The number of hydrogen-bond acceptors (Lipinski definition) is 7. The molecule has 2 rings (SSSR count). The van der Waals surface area contributed by atoms with Gasteiger partial charge < -0.3 is 19.5 Å². The number of nitrogens with one attached hydrogen (secondary N) is 2. The third-order valence-electron chi connectivity index (χ3n) is 3.98. The van der Waals surface area contributed by atoms with E-state index in [2.05, 4.69) is 10.0 Å². The molecular weight excluding hydrogens is 424 g/mol. The van der Waals surface area contributed by atoms with E-state index >= 15 is 0 Å². The van der Waals surface area contributed by atoms with Crippen LogP contribution in [0.3, 0.4) is 0 Å². The van der Waals surface area contributed by atoms with Crippen molar-refractivity contribution in [3.8, 4) is 11.5 Å². The molecule has 0 heterocycles. The highest BCUT2D eigenvalue weighted by molar-refractivity contribution is 7.92. The lowest BCUT2D eigenvalue weighted by atomic mass is 10.2. The van der Waals surface area contributed by atoms with E-state index < -0.39 is 35.1 Å². The number of rotatable bonds is 10. The second kappa shape index (κ2) is 11.1. The first kappa shape index (κ1) is 23.9. The number of esters is 1. The number of hydrogen-bond donors (Lipinski definition) is 2. The molecule has 0 atom stereocenters. The zero-order chi connectivity index (χ0) is 22.9. The maximum absolute atomic E-state index is 12.0. The number of sulfonamides is 1. The quantitative estimate of drug-likeness (QED) is 0.534. The summed E-state index contributed by atoms with van der Waals surface area (Å²) in [4.78, 5) is 23.8. The van der Waals surface area contributed by atoms with Crippen molar-refractivity contribution in [1.82, 2.24) is 4.72 Å². The molecule has 2 aromatic rings. The molecule has 0 bridgehead atoms. The highest BCUT2D eigenvalue weighted by Crippen LogP contribution is 2.28. The van der Waals surface area contributed by atoms with Crippen LogP contribution in [-0.2, 0) is 24.3 Å². The van der Waals surface area contributed by atoms with Crippen LogP contribution >= 0.6 is 0 Å². The van der Waals surface area contributed by atoms with Gasteiger partial charge in [0.25, 0.3) is 5.91 Å². The first-order chi connectivity index (χ1) is 14.7. The van der Waals surface area contributed by atoms with Crippen LogP contribution in [0, 0.1) is 6.92 Å². The van der Waals surface area contributed by atoms with Gasteiger partial charge in [-0.3, -0.25) is 9.59 Å². The summed E-state index contributed by atoms with van der Waals surface area (Å²) in [6.45, 7) is 0.710. The molecule has 0 fully saturated rings. The SMILES string of the molecule is COc1ccc(OC)c(NC(=O)COC(=O)CNS(=O)(=O)C=Cc2ccc(C)cc2)c1. The highest BCUT2D eigenvalue weighted by Gasteiger charge is 2.13. The molecule has 0 spiro atoms. The smallest absolute Gasteiger partial charge is 0.321 e. The number of anilines is 1. The van der Waals surface area contributed by atoms with Gasteiger partial charge in [-0.1, -0.05) is 29.8 Å². The lowest BCUT2D eigenvalue weighted by Crippen LogP contribution is -2.31. The van der Waals surface area contributed by atoms with Crippen LogP contribution in [0.5, 0.6) is 11.5 Å². The van der Waals surface area contributed by atoms with Gasteiger partial charge in [0, 0.05) is 11.5 Å². The Morgan fingerprint density at radius 1 is 1.03 bits per heavy atom. The van der Waals surface area contributed by atoms with E-state index in [4.69, 9.17) is 14.2 Å². The summed E-state index contributed by atoms with van der Waals surface area (Å²) in [5.74, 6) is -0.628. The van der Waals surface area contributed by atoms with Crippen molar-refractivity contribution >= 4 is 33.7 Å². The minimum absolute atomic E-state index is 0.338. The van der Waals surface area contributed by atoms with E-state index in [9.17, 15) is 18.0 Å². The van der Waals surface area contributed by atoms with E-state index in [1.807, 2.05) is 19.1 Å². The van der Waals surface area contributed by atoms with Crippen LogP contribution in [-0.4, -0.2) is 47.7 Å². The monoisotopic (exact) mass is 448 g/mol. The van der Waals surface area contributed by atoms with E-state index in [0.717, 1.165) is 11.0 Å². The van der Waals surface area contributed by atoms with Crippen molar-refractivity contribution < 1.29 is 32.2 Å². The number of carbonyl (C=O) groups is 2. The molecule has 166 valence electrons. The van der Waals surface area contributed by atoms with E-state index in [1.165, 1.54) is 20.3 Å². The third-order valence-corrected chi connectivity index (χ3v) is 5.02. The van der Waals surface area contributed by atoms with Crippen LogP contribution in [0.2, 0.25) is 0 Å². The Balaban J connectivity index is 1.82. The molecule has 9 nitrogen and oxygen atoms in total. The fourth-order valence-corrected chi connectivity index (χ4v) is 3.10. The van der Waals surface area contributed by atoms with Gasteiger partial charge in [0.15, 0.2) is 6.61 Å². The second-order valence-corrected chi connectivity index (χ2v) is 8.01. The fraction of sp³-hybridized carbons (Fsp3) is 0.238. The Morgan fingerprint density at radius 3 is 2.39 bits per heavy atom. The number of benzene rings is 2. The van der Waals surface area contributed by atoms with Crippen LogP contribution in [0.25, 0.3) is 6.08 Å². The van der Waals surface area contributed by atoms with Crippen LogP contribution in [0.15, 0.2) is 47.9 Å². The molecule has 0 aliphatic rings. The largest absolute Gasteiger partial charge is 0.497 e. The lowest BCUT2D eigenvalue weighted by Gasteiger charge is -2.12. The Hall–Kier alpha value is -3.37. The van der Waals surface area contributed by atoms with Crippen molar-refractivity contribution in [1.29, 1.82) is 0 Å². The first-order valence-corrected chi connectivity index (χ1v) is 10.7. The first-order valence-electron chi connectivity index (χ1n) is 9.14. The second-order valence-electron chi connectivity index (χ2n) is 6.35. The Morgan fingerprint density at radius 2 is 1.74 bits per heavy atom. The normalized spacial score (nSPS) is 11.2. The maximum atomic E-state index is 12.0. The molecule has 0 saturated heterocycles. The fourth-order valence-electron chi connectivity index (χ4n) is 2.35. The predicted octanol–water partition coefficient (Wildman–Crippen LogP) is 2.08. The molecule has 0 aliphatic heterocycles. The molecule has 2 N–H and O–H groups in total. The number of aryl methyl sites for hydroxylation is 1. The molecule has 0 aliphatic carbocycles. The average Bonchev–Trinajstić information content (AvgIpc) is 2.76. The molecule has 0 aromatic heterocycles. The van der Waals surface area contributed by atoms with Gasteiger partial charge in [0.1, 0.15) is 18.0 Å². The number of amides is 1. The van der Waals surface area contributed by atoms with Gasteiger partial charge in [-0.05, 0) is 30.7 Å². The van der Waals surface area contributed by atoms with E-state index in [0.29, 0.717) is 22.7 Å². The van der Waals surface area contributed by atoms with Crippen LogP contribution in [0.1, 0.15) is 11.1 Å². The minimum atomic E-state index is -3.85. The standard InChI is InChI=1S/C21H24N2O7S/c1-15-4-6-16(7-5-15)10-11-31(26,27)22-13-21(25)30-14-20(24)23-18-12-17(28-2)8-9-19(18)29-3/h4-12,22H,13-14H2,1-3H3,(H,23,24). The molecule has 10 heteroatoms. The summed E-state index contributed by atoms with van der Waals surface area (Å²) < 4.78 is 41.1. The van der Waals surface area contributed by atoms with Gasteiger partial charge in [-0.25, -0.2) is 13.1 Å². The molecule has 0 saturated carbocycles. The van der Waals surface area contributed by atoms with Crippen LogP contribution < -0.4 is 19.5 Å². The average molecular weight is 448 g/mol. The molecule has 0 radical (unpaired) electrons. The van der Waals surface area contributed by atoms with Gasteiger partial charge in [-0.15, -0.1) is 0 Å². The number of ether oxygens (including phenoxy) is 3. The number of carbonyl (C=O) groups excluding carboxylic acids is 2. The van der Waals surface area contributed by atoms with Crippen molar-refractivity contribution in [2.24, 2.45) is 0 Å². The van der Waals surface area contributed by atoms with E-state index in [1.54, 1.807) is 30.3 Å². The van der Waals surface area contributed by atoms with Crippen molar-refractivity contribution in [2.45, 2.75) is 6.92 Å². The molecule has 0 unspecified atom stereocenters. The molecule has 2 aromatic carbocycles. The maximum Gasteiger partial charge on any atom is 0.321 e. The van der Waals surface area contributed by atoms with E-state index in [-0.39, 0.29) is 0 Å². The van der Waals surface area contributed by atoms with Gasteiger partial charge >= 0.3 is 5.97 Å². The summed E-state index contributed by atoms with van der Waals surface area (Å²) in [5, 5.41) is 3.49. The highest BCUT2D eigenvalue weighted by atomic mass is 32.2. The summed E-state index contributed by atoms with van der Waals surface area (Å²) in [5.41, 5.74) is 2.09.